The number of benzene rings is 2. The van der Waals surface area contributed by atoms with Gasteiger partial charge in [-0.2, -0.15) is 0 Å². The van der Waals surface area contributed by atoms with Crippen LogP contribution < -0.4 is 15.4 Å². The topological polar surface area (TPSA) is 67.4 Å². The molecule has 7 heteroatoms. The summed E-state index contributed by atoms with van der Waals surface area (Å²) in [6, 6.07) is 10.1. The number of anilines is 2. The van der Waals surface area contributed by atoms with Crippen molar-refractivity contribution in [3.63, 3.8) is 0 Å². The second-order valence-corrected chi connectivity index (χ2v) is 5.29. The maximum absolute atomic E-state index is 12.8. The highest BCUT2D eigenvalue weighted by Crippen LogP contribution is 2.25. The van der Waals surface area contributed by atoms with Crippen LogP contribution in [0.5, 0.6) is 5.75 Å². The third-order valence-electron chi connectivity index (χ3n) is 3.03. The second kappa shape index (κ2) is 8.31. The van der Waals surface area contributed by atoms with Crippen LogP contribution in [0.1, 0.15) is 13.3 Å². The van der Waals surface area contributed by atoms with E-state index in [9.17, 15) is 14.0 Å². The molecular formula is C17H16ClFN2O3. The van der Waals surface area contributed by atoms with Crippen molar-refractivity contribution in [1.29, 1.82) is 0 Å². The van der Waals surface area contributed by atoms with Gasteiger partial charge in [0.05, 0.1) is 10.7 Å². The Hall–Kier alpha value is -2.60. The Bertz CT molecular complexity index is 735. The predicted octanol–water partition coefficient (Wildman–Crippen LogP) is 3.85. The first-order valence-electron chi connectivity index (χ1n) is 7.25. The molecule has 5 nitrogen and oxygen atoms in total. The summed E-state index contributed by atoms with van der Waals surface area (Å²) in [6.07, 6.45) is 0.343. The number of rotatable bonds is 6. The van der Waals surface area contributed by atoms with E-state index in [1.54, 1.807) is 25.1 Å². The normalized spacial score (nSPS) is 10.1. The Balaban J connectivity index is 1.96. The molecule has 2 N–H and O–H groups in total. The van der Waals surface area contributed by atoms with Gasteiger partial charge in [0.25, 0.3) is 5.91 Å². The maximum atomic E-state index is 12.8. The Kier molecular flexibility index (Phi) is 6.14. The van der Waals surface area contributed by atoms with Crippen LogP contribution in [0.4, 0.5) is 15.8 Å². The summed E-state index contributed by atoms with van der Waals surface area (Å²) in [4.78, 5) is 23.3. The fraction of sp³-hybridized carbons (Fsp3) is 0.176. The molecule has 0 fully saturated rings. The van der Waals surface area contributed by atoms with E-state index < -0.39 is 5.91 Å². The number of hydrogen-bond donors (Lipinski definition) is 2. The molecule has 126 valence electrons. The van der Waals surface area contributed by atoms with Gasteiger partial charge in [0.15, 0.2) is 6.61 Å². The molecule has 0 bridgehead atoms. The van der Waals surface area contributed by atoms with Gasteiger partial charge in [-0.05, 0) is 42.5 Å². The lowest BCUT2D eigenvalue weighted by atomic mass is 10.2. The van der Waals surface area contributed by atoms with Crippen molar-refractivity contribution in [3.8, 4) is 5.75 Å². The van der Waals surface area contributed by atoms with Crippen LogP contribution in [0.25, 0.3) is 0 Å². The summed E-state index contributed by atoms with van der Waals surface area (Å²) in [5, 5.41) is 5.62. The summed E-state index contributed by atoms with van der Waals surface area (Å²) < 4.78 is 18.0. The van der Waals surface area contributed by atoms with Gasteiger partial charge in [0.2, 0.25) is 5.91 Å². The minimum absolute atomic E-state index is 0.144. The van der Waals surface area contributed by atoms with Gasteiger partial charge < -0.3 is 15.4 Å². The molecule has 24 heavy (non-hydrogen) atoms. The predicted molar refractivity (Wildman–Crippen MR) is 90.9 cm³/mol. The summed E-state index contributed by atoms with van der Waals surface area (Å²) in [5.41, 5.74) is 0.888. The lowest BCUT2D eigenvalue weighted by molar-refractivity contribution is -0.118. The number of carbonyl (C=O) groups is 2. The highest BCUT2D eigenvalue weighted by molar-refractivity contribution is 6.33. The lowest BCUT2D eigenvalue weighted by Gasteiger charge is -2.11. The molecule has 0 saturated carbocycles. The zero-order valence-electron chi connectivity index (χ0n) is 12.9. The van der Waals surface area contributed by atoms with Crippen LogP contribution in [-0.2, 0) is 9.59 Å². The van der Waals surface area contributed by atoms with E-state index in [1.165, 1.54) is 24.3 Å². The van der Waals surface area contributed by atoms with Crippen molar-refractivity contribution in [1.82, 2.24) is 0 Å². The molecule has 0 atom stereocenters. The molecular weight excluding hydrogens is 335 g/mol. The molecule has 2 aromatic carbocycles. The number of nitrogens with one attached hydrogen (secondary N) is 2. The quantitative estimate of drug-likeness (QED) is 0.831. The van der Waals surface area contributed by atoms with E-state index >= 15 is 0 Å². The van der Waals surface area contributed by atoms with Crippen molar-refractivity contribution in [3.05, 3.63) is 53.3 Å². The van der Waals surface area contributed by atoms with Crippen molar-refractivity contribution in [2.24, 2.45) is 0 Å². The first-order valence-corrected chi connectivity index (χ1v) is 7.63. The molecule has 0 aliphatic carbocycles. The molecule has 2 amide bonds. The highest BCUT2D eigenvalue weighted by Gasteiger charge is 2.09. The summed E-state index contributed by atoms with van der Waals surface area (Å²) in [5.74, 6) is -0.583. The van der Waals surface area contributed by atoms with Gasteiger partial charge in [-0.25, -0.2) is 4.39 Å². The van der Waals surface area contributed by atoms with Crippen molar-refractivity contribution in [2.75, 3.05) is 17.2 Å². The molecule has 0 radical (unpaired) electrons. The number of ether oxygens (including phenoxy) is 1. The zero-order chi connectivity index (χ0) is 17.5. The van der Waals surface area contributed by atoms with Gasteiger partial charge in [-0.1, -0.05) is 18.5 Å². The zero-order valence-corrected chi connectivity index (χ0v) is 13.7. The van der Waals surface area contributed by atoms with Gasteiger partial charge in [-0.15, -0.1) is 0 Å². The minimum atomic E-state index is -0.430. The van der Waals surface area contributed by atoms with E-state index in [2.05, 4.69) is 10.6 Å². The molecule has 2 aromatic rings. The van der Waals surface area contributed by atoms with E-state index in [0.717, 1.165) is 0 Å². The van der Waals surface area contributed by atoms with Crippen molar-refractivity contribution >= 4 is 34.8 Å². The first-order chi connectivity index (χ1) is 11.5. The van der Waals surface area contributed by atoms with E-state index in [-0.39, 0.29) is 18.3 Å². The monoisotopic (exact) mass is 350 g/mol. The molecule has 0 spiro atoms. The third-order valence-corrected chi connectivity index (χ3v) is 3.36. The standard InChI is InChI=1S/C17H16ClFN2O3/c1-2-16(22)20-12-5-8-14(18)15(9-12)21-17(23)10-24-13-6-3-11(19)4-7-13/h3-9H,2,10H2,1H3,(H,20,22)(H,21,23). The maximum Gasteiger partial charge on any atom is 0.262 e. The largest absolute Gasteiger partial charge is 0.484 e. The van der Waals surface area contributed by atoms with Gasteiger partial charge >= 0.3 is 0 Å². The van der Waals surface area contributed by atoms with E-state index in [1.807, 2.05) is 0 Å². The average molecular weight is 351 g/mol. The highest BCUT2D eigenvalue weighted by atomic mass is 35.5. The fourth-order valence-corrected chi connectivity index (χ4v) is 1.98. The van der Waals surface area contributed by atoms with Gasteiger partial charge in [0.1, 0.15) is 11.6 Å². The second-order valence-electron chi connectivity index (χ2n) is 4.89. The first kappa shape index (κ1) is 17.7. The van der Waals surface area contributed by atoms with Gasteiger partial charge in [-0.3, -0.25) is 9.59 Å². The smallest absolute Gasteiger partial charge is 0.262 e. The molecule has 0 aliphatic heterocycles. The third kappa shape index (κ3) is 5.24. The van der Waals surface area contributed by atoms with Gasteiger partial charge in [0, 0.05) is 12.1 Å². The van der Waals surface area contributed by atoms with Crippen molar-refractivity contribution in [2.45, 2.75) is 13.3 Å². The Labute approximate surface area is 143 Å². The number of halogens is 2. The number of hydrogen-bond acceptors (Lipinski definition) is 3. The fourth-order valence-electron chi connectivity index (χ4n) is 1.81. The van der Waals surface area contributed by atoms with Crippen LogP contribution in [-0.4, -0.2) is 18.4 Å². The van der Waals surface area contributed by atoms with E-state index in [0.29, 0.717) is 28.6 Å². The van der Waals surface area contributed by atoms with Crippen LogP contribution >= 0.6 is 11.6 Å². The van der Waals surface area contributed by atoms with Crippen LogP contribution in [0.3, 0.4) is 0 Å². The lowest BCUT2D eigenvalue weighted by Crippen LogP contribution is -2.20. The van der Waals surface area contributed by atoms with Crippen LogP contribution in [0.2, 0.25) is 5.02 Å². The molecule has 0 aliphatic rings. The van der Waals surface area contributed by atoms with E-state index in [4.69, 9.17) is 16.3 Å². The minimum Gasteiger partial charge on any atom is -0.484 e. The summed E-state index contributed by atoms with van der Waals surface area (Å²) in [6.45, 7) is 1.48. The molecule has 0 unspecified atom stereocenters. The van der Waals surface area contributed by atoms with Crippen LogP contribution in [0, 0.1) is 5.82 Å². The molecule has 0 saturated heterocycles. The van der Waals surface area contributed by atoms with Crippen LogP contribution in [0.15, 0.2) is 42.5 Å². The summed E-state index contributed by atoms with van der Waals surface area (Å²) >= 11 is 6.04. The molecule has 0 heterocycles. The Morgan fingerprint density at radius 1 is 1.08 bits per heavy atom. The SMILES string of the molecule is CCC(=O)Nc1ccc(Cl)c(NC(=O)COc2ccc(F)cc2)c1. The molecule has 0 aromatic heterocycles. The molecule has 2 rings (SSSR count). The summed E-state index contributed by atoms with van der Waals surface area (Å²) in [7, 11) is 0. The number of carbonyl (C=O) groups excluding carboxylic acids is 2. The Morgan fingerprint density at radius 3 is 2.46 bits per heavy atom. The number of amides is 2. The van der Waals surface area contributed by atoms with Crippen molar-refractivity contribution < 1.29 is 18.7 Å². The average Bonchev–Trinajstić information content (AvgIpc) is 2.57. The Morgan fingerprint density at radius 2 is 1.79 bits per heavy atom.